The number of benzene rings is 1. The Balaban J connectivity index is 2.82. The molecule has 0 spiro atoms. The molecule has 0 aliphatic carbocycles. The van der Waals surface area contributed by atoms with E-state index in [1.165, 1.54) is 0 Å². The van der Waals surface area contributed by atoms with E-state index in [2.05, 4.69) is 31.1 Å². The molecule has 0 aliphatic rings. The Morgan fingerprint density at radius 3 is 2.14 bits per heavy atom. The molecule has 0 amide bonds. The maximum Gasteiger partial charge on any atom is 0.129 e. The van der Waals surface area contributed by atoms with Crippen LogP contribution in [0.1, 0.15) is 11.1 Å². The summed E-state index contributed by atoms with van der Waals surface area (Å²) in [7, 11) is -1.25. The minimum atomic E-state index is -1.25. The lowest BCUT2D eigenvalue weighted by Gasteiger charge is -2.03. The van der Waals surface area contributed by atoms with Crippen LogP contribution in [-0.2, 0) is 5.88 Å². The van der Waals surface area contributed by atoms with E-state index >= 15 is 0 Å². The average Bonchev–Trinajstić information content (AvgIpc) is 2.14. The third-order valence-electron chi connectivity index (χ3n) is 1.69. The first kappa shape index (κ1) is 11.4. The molecule has 0 saturated carbocycles. The predicted molar refractivity (Wildman–Crippen MR) is 66.2 cm³/mol. The SMILES string of the molecule is C[Si](C)(C)C#Cc1ccc(CCl)cc1. The third-order valence-corrected chi connectivity index (χ3v) is 2.87. The summed E-state index contributed by atoms with van der Waals surface area (Å²) in [5, 5.41) is 0. The van der Waals surface area contributed by atoms with Gasteiger partial charge in [0.2, 0.25) is 0 Å². The molecular formula is C12H15ClSi. The molecule has 0 atom stereocenters. The van der Waals surface area contributed by atoms with Crippen LogP contribution in [0.5, 0.6) is 0 Å². The predicted octanol–water partition coefficient (Wildman–Crippen LogP) is 3.65. The van der Waals surface area contributed by atoms with Crippen molar-refractivity contribution in [2.45, 2.75) is 25.5 Å². The topological polar surface area (TPSA) is 0 Å². The zero-order valence-corrected chi connectivity index (χ0v) is 10.7. The fourth-order valence-electron chi connectivity index (χ4n) is 0.937. The van der Waals surface area contributed by atoms with Crippen LogP contribution in [0.25, 0.3) is 0 Å². The first-order valence-corrected chi connectivity index (χ1v) is 8.73. The van der Waals surface area contributed by atoms with Gasteiger partial charge in [-0.3, -0.25) is 0 Å². The molecule has 0 radical (unpaired) electrons. The summed E-state index contributed by atoms with van der Waals surface area (Å²) < 4.78 is 0. The molecular weight excluding hydrogens is 208 g/mol. The van der Waals surface area contributed by atoms with Crippen LogP contribution in [0, 0.1) is 11.5 Å². The zero-order valence-electron chi connectivity index (χ0n) is 8.89. The van der Waals surface area contributed by atoms with Gasteiger partial charge in [0.1, 0.15) is 8.07 Å². The van der Waals surface area contributed by atoms with Gasteiger partial charge in [-0.2, -0.15) is 0 Å². The van der Waals surface area contributed by atoms with Gasteiger partial charge in [0.15, 0.2) is 0 Å². The van der Waals surface area contributed by atoms with Crippen molar-refractivity contribution in [3.05, 3.63) is 35.4 Å². The average molecular weight is 223 g/mol. The van der Waals surface area contributed by atoms with E-state index in [4.69, 9.17) is 11.6 Å². The Morgan fingerprint density at radius 2 is 1.71 bits per heavy atom. The minimum absolute atomic E-state index is 0.571. The van der Waals surface area contributed by atoms with Crippen molar-refractivity contribution in [3.8, 4) is 11.5 Å². The van der Waals surface area contributed by atoms with E-state index in [9.17, 15) is 0 Å². The first-order valence-electron chi connectivity index (χ1n) is 4.69. The first-order chi connectivity index (χ1) is 6.51. The lowest BCUT2D eigenvalue weighted by Crippen LogP contribution is -2.16. The summed E-state index contributed by atoms with van der Waals surface area (Å²) in [5.41, 5.74) is 5.56. The summed E-state index contributed by atoms with van der Waals surface area (Å²) in [6, 6.07) is 8.12. The highest BCUT2D eigenvalue weighted by Crippen LogP contribution is 2.06. The molecule has 0 saturated heterocycles. The fourth-order valence-corrected chi connectivity index (χ4v) is 1.63. The summed E-state index contributed by atoms with van der Waals surface area (Å²) >= 11 is 5.70. The molecule has 0 aliphatic heterocycles. The highest BCUT2D eigenvalue weighted by molar-refractivity contribution is 6.83. The number of halogens is 1. The van der Waals surface area contributed by atoms with Gasteiger partial charge in [-0.05, 0) is 17.7 Å². The molecule has 0 bridgehead atoms. The van der Waals surface area contributed by atoms with Crippen molar-refractivity contribution in [3.63, 3.8) is 0 Å². The van der Waals surface area contributed by atoms with Crippen LogP contribution >= 0.6 is 11.6 Å². The fraction of sp³-hybridized carbons (Fsp3) is 0.333. The van der Waals surface area contributed by atoms with E-state index in [1.807, 2.05) is 24.3 Å². The van der Waals surface area contributed by atoms with E-state index in [-0.39, 0.29) is 0 Å². The molecule has 1 aromatic carbocycles. The van der Waals surface area contributed by atoms with Crippen LogP contribution in [0.4, 0.5) is 0 Å². The molecule has 2 heteroatoms. The third kappa shape index (κ3) is 4.00. The molecule has 1 aromatic rings. The normalized spacial score (nSPS) is 10.6. The number of alkyl halides is 1. The quantitative estimate of drug-likeness (QED) is 0.387. The molecule has 0 nitrogen and oxygen atoms in total. The van der Waals surface area contributed by atoms with Gasteiger partial charge in [0.05, 0.1) is 0 Å². The van der Waals surface area contributed by atoms with Crippen LogP contribution in [-0.4, -0.2) is 8.07 Å². The van der Waals surface area contributed by atoms with Gasteiger partial charge in [-0.25, -0.2) is 0 Å². The molecule has 0 aromatic heterocycles. The van der Waals surface area contributed by atoms with Gasteiger partial charge in [0.25, 0.3) is 0 Å². The molecule has 14 heavy (non-hydrogen) atoms. The van der Waals surface area contributed by atoms with E-state index < -0.39 is 8.07 Å². The second kappa shape index (κ2) is 4.68. The summed E-state index contributed by atoms with van der Waals surface area (Å²) in [5.74, 6) is 3.78. The highest BCUT2D eigenvalue weighted by atomic mass is 35.5. The van der Waals surface area contributed by atoms with Crippen LogP contribution in [0.15, 0.2) is 24.3 Å². The van der Waals surface area contributed by atoms with Crippen LogP contribution in [0.2, 0.25) is 19.6 Å². The zero-order chi connectivity index (χ0) is 10.6. The van der Waals surface area contributed by atoms with Crippen molar-refractivity contribution in [2.75, 3.05) is 0 Å². The van der Waals surface area contributed by atoms with Crippen molar-refractivity contribution in [1.29, 1.82) is 0 Å². The molecule has 0 N–H and O–H groups in total. The Labute approximate surface area is 92.3 Å². The van der Waals surface area contributed by atoms with Gasteiger partial charge in [-0.15, -0.1) is 17.1 Å². The lowest BCUT2D eigenvalue weighted by molar-refractivity contribution is 1.40. The van der Waals surface area contributed by atoms with E-state index in [1.54, 1.807) is 0 Å². The molecule has 0 unspecified atom stereocenters. The second-order valence-electron chi connectivity index (χ2n) is 4.33. The maximum atomic E-state index is 5.70. The van der Waals surface area contributed by atoms with Gasteiger partial charge >= 0.3 is 0 Å². The number of rotatable bonds is 1. The smallest absolute Gasteiger partial charge is 0.127 e. The molecule has 74 valence electrons. The van der Waals surface area contributed by atoms with Crippen LogP contribution < -0.4 is 0 Å². The largest absolute Gasteiger partial charge is 0.129 e. The van der Waals surface area contributed by atoms with Gasteiger partial charge in [0, 0.05) is 11.4 Å². The number of hydrogen-bond acceptors (Lipinski definition) is 0. The lowest BCUT2D eigenvalue weighted by atomic mass is 10.2. The van der Waals surface area contributed by atoms with Crippen LogP contribution in [0.3, 0.4) is 0 Å². The second-order valence-corrected chi connectivity index (χ2v) is 9.35. The maximum absolute atomic E-state index is 5.70. The van der Waals surface area contributed by atoms with Gasteiger partial charge < -0.3 is 0 Å². The minimum Gasteiger partial charge on any atom is -0.127 e. The van der Waals surface area contributed by atoms with Crippen molar-refractivity contribution in [2.24, 2.45) is 0 Å². The van der Waals surface area contributed by atoms with E-state index in [0.29, 0.717) is 5.88 Å². The molecule has 0 heterocycles. The monoisotopic (exact) mass is 222 g/mol. The highest BCUT2D eigenvalue weighted by Gasteiger charge is 2.07. The summed E-state index contributed by atoms with van der Waals surface area (Å²) in [6.07, 6.45) is 0. The van der Waals surface area contributed by atoms with Crippen molar-refractivity contribution >= 4 is 19.7 Å². The Morgan fingerprint density at radius 1 is 1.14 bits per heavy atom. The Hall–Kier alpha value is -0.713. The molecule has 1 rings (SSSR count). The summed E-state index contributed by atoms with van der Waals surface area (Å²) in [6.45, 7) is 6.73. The molecule has 0 fully saturated rings. The van der Waals surface area contributed by atoms with Gasteiger partial charge in [-0.1, -0.05) is 37.7 Å². The Kier molecular flexibility index (Phi) is 3.80. The van der Waals surface area contributed by atoms with Crippen molar-refractivity contribution < 1.29 is 0 Å². The van der Waals surface area contributed by atoms with Crippen molar-refractivity contribution in [1.82, 2.24) is 0 Å². The summed E-state index contributed by atoms with van der Waals surface area (Å²) in [4.78, 5) is 0. The Bertz CT molecular complexity index is 349. The number of hydrogen-bond donors (Lipinski definition) is 0. The standard InChI is InChI=1S/C12H15ClSi/c1-14(2,3)9-8-11-4-6-12(10-13)7-5-11/h4-7H,10H2,1-3H3. The van der Waals surface area contributed by atoms with E-state index in [0.717, 1.165) is 11.1 Å².